The van der Waals surface area contributed by atoms with Crippen molar-refractivity contribution >= 4 is 17.1 Å². The fourth-order valence-corrected chi connectivity index (χ4v) is 4.60. The summed E-state index contributed by atoms with van der Waals surface area (Å²) in [6, 6.07) is 13.5. The smallest absolute Gasteiger partial charge is 0.299 e. The molecule has 336 valence electrons. The SMILES string of the molecule is O=[N+]([O-])c1ccc(NCCOCCOCCOCCOCCOCCOCCOCCOCCOCCOCCOCCOCCOCc2ccccc2)c([N+](=O)[O-])c1. The molecule has 0 aromatic heterocycles. The van der Waals surface area contributed by atoms with E-state index in [0.717, 1.165) is 11.6 Å². The molecule has 20 heteroatoms. The maximum Gasteiger partial charge on any atom is 0.299 e. The zero-order valence-electron chi connectivity index (χ0n) is 34.0. The lowest BCUT2D eigenvalue weighted by Gasteiger charge is -2.09. The van der Waals surface area contributed by atoms with Crippen LogP contribution in [0, 0.1) is 20.2 Å². The van der Waals surface area contributed by atoms with Crippen molar-refractivity contribution in [3.8, 4) is 0 Å². The van der Waals surface area contributed by atoms with Gasteiger partial charge in [0.15, 0.2) is 0 Å². The van der Waals surface area contributed by atoms with Gasteiger partial charge in [0, 0.05) is 12.6 Å². The zero-order valence-corrected chi connectivity index (χ0v) is 34.0. The minimum atomic E-state index is -0.681. The van der Waals surface area contributed by atoms with Gasteiger partial charge in [-0.15, -0.1) is 0 Å². The van der Waals surface area contributed by atoms with Crippen LogP contribution in [0.5, 0.6) is 0 Å². The quantitative estimate of drug-likeness (QED) is 0.0575. The summed E-state index contributed by atoms with van der Waals surface area (Å²) in [6.45, 7) is 12.4. The number of hydrogen-bond donors (Lipinski definition) is 1. The van der Waals surface area contributed by atoms with Crippen molar-refractivity contribution in [2.24, 2.45) is 0 Å². The van der Waals surface area contributed by atoms with E-state index in [0.29, 0.717) is 165 Å². The number of anilines is 1. The van der Waals surface area contributed by atoms with E-state index in [1.807, 2.05) is 30.3 Å². The molecule has 0 bridgehead atoms. The average molecular weight is 846 g/mol. The average Bonchev–Trinajstić information content (AvgIpc) is 3.24. The van der Waals surface area contributed by atoms with E-state index in [1.54, 1.807) is 0 Å². The Balaban J connectivity index is 1.16. The lowest BCUT2D eigenvalue weighted by molar-refractivity contribution is -0.393. The summed E-state index contributed by atoms with van der Waals surface area (Å²) in [7, 11) is 0. The fourth-order valence-electron chi connectivity index (χ4n) is 4.60. The zero-order chi connectivity index (χ0) is 42.1. The second kappa shape index (κ2) is 38.7. The molecule has 0 unspecified atom stereocenters. The van der Waals surface area contributed by atoms with E-state index in [9.17, 15) is 20.2 Å². The monoisotopic (exact) mass is 845 g/mol. The van der Waals surface area contributed by atoms with Gasteiger partial charge in [0.25, 0.3) is 11.4 Å². The van der Waals surface area contributed by atoms with Gasteiger partial charge in [-0.2, -0.15) is 0 Å². The van der Waals surface area contributed by atoms with Crippen LogP contribution in [0.2, 0.25) is 0 Å². The fraction of sp³-hybridized carbons (Fsp3) is 0.692. The highest BCUT2D eigenvalue weighted by atomic mass is 16.6. The molecule has 2 aromatic rings. The molecular weight excluding hydrogens is 782 g/mol. The third kappa shape index (κ3) is 31.1. The Hall–Kier alpha value is -3.48. The summed E-state index contributed by atoms with van der Waals surface area (Å²) in [6.07, 6.45) is 0. The maximum atomic E-state index is 11.2. The second-order valence-corrected chi connectivity index (χ2v) is 12.0. The Kier molecular flexibility index (Phi) is 33.9. The minimum Gasteiger partial charge on any atom is -0.377 e. The van der Waals surface area contributed by atoms with Crippen molar-refractivity contribution in [3.05, 3.63) is 74.3 Å². The van der Waals surface area contributed by atoms with Gasteiger partial charge in [-0.05, 0) is 11.6 Å². The molecule has 0 heterocycles. The van der Waals surface area contributed by atoms with Gasteiger partial charge < -0.3 is 66.9 Å². The van der Waals surface area contributed by atoms with Crippen LogP contribution in [-0.2, 0) is 68.2 Å². The molecule has 0 saturated carbocycles. The van der Waals surface area contributed by atoms with E-state index in [1.165, 1.54) is 12.1 Å². The topological polar surface area (TPSA) is 218 Å². The van der Waals surface area contributed by atoms with Crippen molar-refractivity contribution in [2.45, 2.75) is 6.61 Å². The molecule has 59 heavy (non-hydrogen) atoms. The van der Waals surface area contributed by atoms with Gasteiger partial charge in [-0.3, -0.25) is 20.2 Å². The van der Waals surface area contributed by atoms with E-state index >= 15 is 0 Å². The molecule has 20 nitrogen and oxygen atoms in total. The first-order valence-corrected chi connectivity index (χ1v) is 19.8. The van der Waals surface area contributed by atoms with Gasteiger partial charge in [-0.1, -0.05) is 30.3 Å². The normalized spacial score (nSPS) is 11.3. The molecule has 2 aromatic carbocycles. The van der Waals surface area contributed by atoms with Gasteiger partial charge in [-0.25, -0.2) is 0 Å². The molecule has 1 N–H and O–H groups in total. The van der Waals surface area contributed by atoms with Crippen molar-refractivity contribution < 1.29 is 71.4 Å². The molecule has 0 aliphatic heterocycles. The van der Waals surface area contributed by atoms with E-state index in [2.05, 4.69) is 5.32 Å². The molecule has 0 amide bonds. The molecule has 0 aliphatic rings. The number of nitro benzene ring substituents is 2. The highest BCUT2D eigenvalue weighted by molar-refractivity contribution is 5.65. The predicted octanol–water partition coefficient (Wildman–Crippen LogP) is 3.33. The van der Waals surface area contributed by atoms with E-state index < -0.39 is 9.85 Å². The van der Waals surface area contributed by atoms with Gasteiger partial charge in [0.05, 0.1) is 188 Å². The Labute approximate surface area is 346 Å². The van der Waals surface area contributed by atoms with Crippen molar-refractivity contribution in [1.29, 1.82) is 0 Å². The number of hydrogen-bond acceptors (Lipinski definition) is 18. The maximum absolute atomic E-state index is 11.2. The number of rotatable bonds is 44. The predicted molar refractivity (Wildman–Crippen MR) is 214 cm³/mol. The summed E-state index contributed by atoms with van der Waals surface area (Å²) < 4.78 is 71.3. The van der Waals surface area contributed by atoms with Crippen LogP contribution in [0.15, 0.2) is 48.5 Å². The first-order chi connectivity index (χ1) is 29.1. The van der Waals surface area contributed by atoms with Crippen molar-refractivity contribution in [1.82, 2.24) is 0 Å². The molecular formula is C39H63N3O17. The number of nitrogens with zero attached hydrogens (tertiary/aromatic N) is 2. The van der Waals surface area contributed by atoms with E-state index in [-0.39, 0.29) is 30.2 Å². The largest absolute Gasteiger partial charge is 0.377 e. The van der Waals surface area contributed by atoms with Crippen LogP contribution in [-0.4, -0.2) is 182 Å². The van der Waals surface area contributed by atoms with Crippen LogP contribution < -0.4 is 5.32 Å². The number of non-ortho nitro benzene ring substituents is 1. The molecule has 2 rings (SSSR count). The van der Waals surface area contributed by atoms with Crippen LogP contribution >= 0.6 is 0 Å². The number of nitrogens with one attached hydrogen (secondary N) is 1. The van der Waals surface area contributed by atoms with Crippen molar-refractivity contribution in [2.75, 3.05) is 177 Å². The molecule has 0 fully saturated rings. The Morgan fingerprint density at radius 2 is 0.712 bits per heavy atom. The molecule has 0 atom stereocenters. The third-order valence-corrected chi connectivity index (χ3v) is 7.53. The standard InChI is InChI=1S/C39H63N3O17/c43-41(44)37-6-7-38(39(34-37)42(45)46)40-8-9-47-10-11-48-12-13-49-14-15-50-16-17-51-18-19-52-20-21-53-22-23-54-24-25-55-26-27-56-28-29-57-30-31-58-32-33-59-35-36-4-2-1-3-5-36/h1-7,34,40H,8-33,35H2. The Morgan fingerprint density at radius 3 is 1.03 bits per heavy atom. The van der Waals surface area contributed by atoms with E-state index in [4.69, 9.17) is 61.6 Å². The van der Waals surface area contributed by atoms with Crippen LogP contribution in [0.3, 0.4) is 0 Å². The van der Waals surface area contributed by atoms with Gasteiger partial charge >= 0.3 is 0 Å². The summed E-state index contributed by atoms with van der Waals surface area (Å²) in [5.41, 5.74) is 0.617. The summed E-state index contributed by atoms with van der Waals surface area (Å²) >= 11 is 0. The highest BCUT2D eigenvalue weighted by Gasteiger charge is 2.19. The molecule has 0 aliphatic carbocycles. The summed E-state index contributed by atoms with van der Waals surface area (Å²) in [5.74, 6) is 0. The van der Waals surface area contributed by atoms with Crippen LogP contribution in [0.25, 0.3) is 0 Å². The van der Waals surface area contributed by atoms with Crippen molar-refractivity contribution in [3.63, 3.8) is 0 Å². The number of nitro groups is 2. The lowest BCUT2D eigenvalue weighted by atomic mass is 10.2. The highest BCUT2D eigenvalue weighted by Crippen LogP contribution is 2.28. The minimum absolute atomic E-state index is 0.183. The Bertz CT molecular complexity index is 1280. The van der Waals surface area contributed by atoms with Crippen LogP contribution in [0.4, 0.5) is 17.1 Å². The lowest BCUT2D eigenvalue weighted by Crippen LogP contribution is -2.16. The summed E-state index contributed by atoms with van der Waals surface area (Å²) in [4.78, 5) is 20.6. The second-order valence-electron chi connectivity index (χ2n) is 12.0. The summed E-state index contributed by atoms with van der Waals surface area (Å²) in [5, 5.41) is 24.8. The third-order valence-electron chi connectivity index (χ3n) is 7.53. The van der Waals surface area contributed by atoms with Gasteiger partial charge in [0.2, 0.25) is 0 Å². The Morgan fingerprint density at radius 1 is 0.390 bits per heavy atom. The number of benzene rings is 2. The first kappa shape index (κ1) is 51.7. The molecule has 0 radical (unpaired) electrons. The number of ether oxygens (including phenoxy) is 13. The van der Waals surface area contributed by atoms with Crippen LogP contribution in [0.1, 0.15) is 5.56 Å². The molecule has 0 saturated heterocycles. The molecule has 0 spiro atoms. The first-order valence-electron chi connectivity index (χ1n) is 19.8. The van der Waals surface area contributed by atoms with Gasteiger partial charge in [0.1, 0.15) is 5.69 Å².